The first-order chi connectivity index (χ1) is 11.0. The van der Waals surface area contributed by atoms with Crippen LogP contribution in [0.1, 0.15) is 30.4 Å². The summed E-state index contributed by atoms with van der Waals surface area (Å²) in [4.78, 5) is 36.2. The van der Waals surface area contributed by atoms with Crippen molar-refractivity contribution < 1.29 is 19.5 Å². The number of nitrogens with zero attached hydrogens (tertiary/aromatic N) is 1. The predicted molar refractivity (Wildman–Crippen MR) is 82.2 cm³/mol. The minimum Gasteiger partial charge on any atom is -0.481 e. The van der Waals surface area contributed by atoms with Gasteiger partial charge in [-0.15, -0.1) is 0 Å². The van der Waals surface area contributed by atoms with Crippen LogP contribution < -0.4 is 5.32 Å². The van der Waals surface area contributed by atoms with Gasteiger partial charge in [0.25, 0.3) is 0 Å². The van der Waals surface area contributed by atoms with E-state index in [1.807, 2.05) is 29.2 Å². The average Bonchev–Trinajstić information content (AvgIpc) is 3.25. The molecule has 6 nitrogen and oxygen atoms in total. The maximum atomic E-state index is 11.9. The van der Waals surface area contributed by atoms with Crippen molar-refractivity contribution in [3.05, 3.63) is 35.4 Å². The van der Waals surface area contributed by atoms with Crippen LogP contribution in [0.5, 0.6) is 0 Å². The second-order valence-corrected chi connectivity index (χ2v) is 6.24. The highest BCUT2D eigenvalue weighted by Crippen LogP contribution is 2.38. The van der Waals surface area contributed by atoms with Crippen molar-refractivity contribution in [3.63, 3.8) is 0 Å². The Kier molecular flexibility index (Phi) is 4.32. The number of aliphatic carboxylic acids is 1. The van der Waals surface area contributed by atoms with Gasteiger partial charge in [-0.2, -0.15) is 0 Å². The molecular formula is C17H20N2O4. The van der Waals surface area contributed by atoms with Crippen molar-refractivity contribution in [1.29, 1.82) is 0 Å². The van der Waals surface area contributed by atoms with Crippen molar-refractivity contribution in [1.82, 2.24) is 10.2 Å². The summed E-state index contributed by atoms with van der Waals surface area (Å²) in [5, 5.41) is 11.6. The zero-order chi connectivity index (χ0) is 16.4. The van der Waals surface area contributed by atoms with Gasteiger partial charge in [-0.05, 0) is 24.0 Å². The molecule has 1 saturated heterocycles. The Bertz CT molecular complexity index is 643. The van der Waals surface area contributed by atoms with Crippen LogP contribution >= 0.6 is 0 Å². The lowest BCUT2D eigenvalue weighted by atomic mass is 10.1. The smallest absolute Gasteiger partial charge is 0.307 e. The summed E-state index contributed by atoms with van der Waals surface area (Å²) in [6.07, 6.45) is 1.97. The van der Waals surface area contributed by atoms with Gasteiger partial charge >= 0.3 is 5.97 Å². The fraction of sp³-hybridized carbons (Fsp3) is 0.471. The first kappa shape index (κ1) is 15.5. The molecule has 0 spiro atoms. The number of amides is 2. The molecule has 0 radical (unpaired) electrons. The van der Waals surface area contributed by atoms with E-state index in [1.54, 1.807) is 0 Å². The van der Waals surface area contributed by atoms with E-state index >= 15 is 0 Å². The maximum absolute atomic E-state index is 11.9. The third kappa shape index (κ3) is 3.70. The number of nitrogens with one attached hydrogen (secondary N) is 1. The topological polar surface area (TPSA) is 86.7 Å². The molecule has 0 bridgehead atoms. The number of carboxylic acids is 1. The van der Waals surface area contributed by atoms with Gasteiger partial charge in [-0.1, -0.05) is 24.3 Å². The van der Waals surface area contributed by atoms with Crippen LogP contribution in [0.25, 0.3) is 0 Å². The Balaban J connectivity index is 1.52. The molecule has 2 fully saturated rings. The molecule has 0 unspecified atom stereocenters. The van der Waals surface area contributed by atoms with E-state index in [4.69, 9.17) is 5.11 Å². The summed E-state index contributed by atoms with van der Waals surface area (Å²) >= 11 is 0. The van der Waals surface area contributed by atoms with Crippen molar-refractivity contribution in [2.24, 2.45) is 11.8 Å². The number of carbonyl (C=O) groups is 3. The quantitative estimate of drug-likeness (QED) is 0.824. The Morgan fingerprint density at radius 3 is 2.70 bits per heavy atom. The van der Waals surface area contributed by atoms with Crippen LogP contribution in [0.3, 0.4) is 0 Å². The summed E-state index contributed by atoms with van der Waals surface area (Å²) in [6.45, 7) is 1.78. The number of carbonyl (C=O) groups excluding carboxylic acids is 2. The monoisotopic (exact) mass is 316 g/mol. The highest BCUT2D eigenvalue weighted by Gasteiger charge is 2.48. The summed E-state index contributed by atoms with van der Waals surface area (Å²) in [5.74, 6) is -1.82. The van der Waals surface area contributed by atoms with E-state index in [0.29, 0.717) is 25.9 Å². The standard InChI is InChI=1S/C17H20N2O4/c20-15-5-2-6-19(15)10-12-4-1-3-11(7-12)9-18-16(21)13-8-14(13)17(22)23/h1,3-4,7,13-14H,2,5-6,8-10H2,(H,18,21)(H,22,23)/t13-,14-/m1/s1. The lowest BCUT2D eigenvalue weighted by Gasteiger charge is -2.16. The summed E-state index contributed by atoms with van der Waals surface area (Å²) < 4.78 is 0. The normalized spacial score (nSPS) is 23.0. The lowest BCUT2D eigenvalue weighted by molar-refractivity contribution is -0.140. The van der Waals surface area contributed by atoms with E-state index in [0.717, 1.165) is 24.1 Å². The highest BCUT2D eigenvalue weighted by atomic mass is 16.4. The maximum Gasteiger partial charge on any atom is 0.307 e. The van der Waals surface area contributed by atoms with E-state index in [2.05, 4.69) is 5.32 Å². The molecule has 2 amide bonds. The van der Waals surface area contributed by atoms with Gasteiger partial charge in [-0.25, -0.2) is 0 Å². The highest BCUT2D eigenvalue weighted by molar-refractivity contribution is 5.89. The first-order valence-electron chi connectivity index (χ1n) is 7.90. The van der Waals surface area contributed by atoms with Gasteiger partial charge < -0.3 is 15.3 Å². The average molecular weight is 316 g/mol. The summed E-state index contributed by atoms with van der Waals surface area (Å²) in [5.41, 5.74) is 2.00. The van der Waals surface area contributed by atoms with Gasteiger partial charge in [0.1, 0.15) is 0 Å². The molecule has 1 aromatic carbocycles. The Morgan fingerprint density at radius 1 is 1.26 bits per heavy atom. The van der Waals surface area contributed by atoms with Crippen LogP contribution in [0, 0.1) is 11.8 Å². The van der Waals surface area contributed by atoms with E-state index in [-0.39, 0.29) is 11.8 Å². The Morgan fingerprint density at radius 2 is 2.04 bits per heavy atom. The van der Waals surface area contributed by atoms with Gasteiger partial charge in [0.15, 0.2) is 0 Å². The molecular weight excluding hydrogens is 296 g/mol. The van der Waals surface area contributed by atoms with Gasteiger partial charge in [0.2, 0.25) is 11.8 Å². The van der Waals surface area contributed by atoms with Crippen molar-refractivity contribution in [2.45, 2.75) is 32.4 Å². The van der Waals surface area contributed by atoms with Gasteiger partial charge in [0.05, 0.1) is 11.8 Å². The SMILES string of the molecule is O=C(O)[C@@H]1C[C@H]1C(=O)NCc1cccc(CN2CCCC2=O)c1. The van der Waals surface area contributed by atoms with Crippen LogP contribution in [-0.2, 0) is 27.5 Å². The number of rotatable bonds is 6. The molecule has 2 aliphatic rings. The van der Waals surface area contributed by atoms with E-state index < -0.39 is 17.8 Å². The summed E-state index contributed by atoms with van der Waals surface area (Å²) in [6, 6.07) is 7.78. The molecule has 23 heavy (non-hydrogen) atoms. The molecule has 1 aliphatic heterocycles. The number of carboxylic acid groups (broad SMARTS) is 1. The Hall–Kier alpha value is -2.37. The van der Waals surface area contributed by atoms with Crippen molar-refractivity contribution >= 4 is 17.8 Å². The molecule has 2 atom stereocenters. The molecule has 1 aromatic rings. The van der Waals surface area contributed by atoms with Crippen LogP contribution in [0.15, 0.2) is 24.3 Å². The Labute approximate surface area is 134 Å². The second-order valence-electron chi connectivity index (χ2n) is 6.24. The number of hydrogen-bond donors (Lipinski definition) is 2. The first-order valence-corrected chi connectivity index (χ1v) is 7.90. The van der Waals surface area contributed by atoms with E-state index in [1.165, 1.54) is 0 Å². The van der Waals surface area contributed by atoms with Gasteiger partial charge in [0, 0.05) is 26.1 Å². The summed E-state index contributed by atoms with van der Waals surface area (Å²) in [7, 11) is 0. The zero-order valence-electron chi connectivity index (χ0n) is 12.8. The molecule has 0 aromatic heterocycles. The fourth-order valence-corrected chi connectivity index (χ4v) is 3.01. The van der Waals surface area contributed by atoms with Crippen LogP contribution in [0.4, 0.5) is 0 Å². The molecule has 3 rings (SSSR count). The van der Waals surface area contributed by atoms with Gasteiger partial charge in [-0.3, -0.25) is 14.4 Å². The lowest BCUT2D eigenvalue weighted by Crippen LogP contribution is -2.26. The number of hydrogen-bond acceptors (Lipinski definition) is 3. The minimum atomic E-state index is -0.901. The molecule has 122 valence electrons. The number of likely N-dealkylation sites (tertiary alicyclic amines) is 1. The van der Waals surface area contributed by atoms with Crippen LogP contribution in [0.2, 0.25) is 0 Å². The van der Waals surface area contributed by atoms with Crippen molar-refractivity contribution in [3.8, 4) is 0 Å². The minimum absolute atomic E-state index is 0.192. The molecule has 6 heteroatoms. The largest absolute Gasteiger partial charge is 0.481 e. The molecule has 1 saturated carbocycles. The molecule has 1 aliphatic carbocycles. The number of benzene rings is 1. The molecule has 1 heterocycles. The third-order valence-electron chi connectivity index (χ3n) is 4.45. The van der Waals surface area contributed by atoms with Crippen LogP contribution in [-0.4, -0.2) is 34.3 Å². The van der Waals surface area contributed by atoms with E-state index in [9.17, 15) is 14.4 Å². The predicted octanol–water partition coefficient (Wildman–Crippen LogP) is 1.15. The third-order valence-corrected chi connectivity index (χ3v) is 4.45. The van der Waals surface area contributed by atoms with Crippen molar-refractivity contribution in [2.75, 3.05) is 6.54 Å². The second kappa shape index (κ2) is 6.40. The zero-order valence-corrected chi connectivity index (χ0v) is 12.8. The fourth-order valence-electron chi connectivity index (χ4n) is 3.01. The molecule has 2 N–H and O–H groups in total.